The van der Waals surface area contributed by atoms with Gasteiger partial charge in [0.15, 0.2) is 0 Å². The SMILES string of the molecule is [B]c1ccc2oc3c(=O)[nH]c(-c4ccc(NC(=O)c5ccc(OC)nc5)cc4Cl)nc3c2c1. The number of furan rings is 1. The smallest absolute Gasteiger partial charge is 0.294 e. The number of nitrogens with zero attached hydrogens (tertiary/aromatic N) is 2. The van der Waals surface area contributed by atoms with Gasteiger partial charge < -0.3 is 19.5 Å². The minimum Gasteiger partial charge on any atom is -0.481 e. The Morgan fingerprint density at radius 3 is 2.76 bits per heavy atom. The molecule has 1 amide bonds. The fraction of sp³-hybridized carbons (Fsp3) is 0.0435. The Labute approximate surface area is 193 Å². The van der Waals surface area contributed by atoms with Crippen molar-refractivity contribution in [3.05, 3.63) is 75.7 Å². The molecule has 0 aliphatic heterocycles. The largest absolute Gasteiger partial charge is 0.481 e. The molecule has 0 bridgehead atoms. The minimum absolute atomic E-state index is 0.104. The second-order valence-corrected chi connectivity index (χ2v) is 7.60. The van der Waals surface area contributed by atoms with E-state index in [1.807, 2.05) is 0 Å². The van der Waals surface area contributed by atoms with Crippen molar-refractivity contribution in [2.45, 2.75) is 0 Å². The molecular weight excluding hydrogens is 443 g/mol. The highest BCUT2D eigenvalue weighted by Crippen LogP contribution is 2.30. The molecule has 0 aliphatic carbocycles. The van der Waals surface area contributed by atoms with Crippen LogP contribution in [0, 0.1) is 0 Å². The number of hydrogen-bond donors (Lipinski definition) is 2. The molecule has 33 heavy (non-hydrogen) atoms. The van der Waals surface area contributed by atoms with Crippen LogP contribution in [0.25, 0.3) is 33.5 Å². The van der Waals surface area contributed by atoms with Crippen LogP contribution in [-0.2, 0) is 0 Å². The number of halogens is 1. The predicted octanol–water partition coefficient (Wildman–Crippen LogP) is 3.44. The van der Waals surface area contributed by atoms with E-state index < -0.39 is 5.56 Å². The minimum atomic E-state index is -0.440. The number of amides is 1. The Kier molecular flexibility index (Phi) is 5.10. The summed E-state index contributed by atoms with van der Waals surface area (Å²) in [6, 6.07) is 13.2. The lowest BCUT2D eigenvalue weighted by Gasteiger charge is -2.09. The summed E-state index contributed by atoms with van der Waals surface area (Å²) in [5.74, 6) is 0.315. The number of ether oxygens (including phenoxy) is 1. The molecule has 0 saturated heterocycles. The number of fused-ring (bicyclic) bond motifs is 3. The highest BCUT2D eigenvalue weighted by atomic mass is 35.5. The van der Waals surface area contributed by atoms with Crippen LogP contribution in [0.2, 0.25) is 5.02 Å². The molecule has 160 valence electrons. The third-order valence-corrected chi connectivity index (χ3v) is 5.35. The van der Waals surface area contributed by atoms with Crippen molar-refractivity contribution in [3.63, 3.8) is 0 Å². The van der Waals surface area contributed by atoms with Crippen molar-refractivity contribution >= 4 is 58.6 Å². The molecule has 0 spiro atoms. The van der Waals surface area contributed by atoms with Crippen LogP contribution >= 0.6 is 11.6 Å². The number of rotatable bonds is 4. The van der Waals surface area contributed by atoms with Crippen LogP contribution in [0.5, 0.6) is 5.88 Å². The van der Waals surface area contributed by atoms with Gasteiger partial charge in [-0.1, -0.05) is 29.2 Å². The van der Waals surface area contributed by atoms with Gasteiger partial charge in [-0.25, -0.2) is 9.97 Å². The maximum Gasteiger partial charge on any atom is 0.294 e. The molecule has 10 heteroatoms. The second-order valence-electron chi connectivity index (χ2n) is 7.19. The topological polar surface area (TPSA) is 110 Å². The number of methoxy groups -OCH3 is 1. The molecule has 5 rings (SSSR count). The molecule has 0 saturated carbocycles. The zero-order valence-electron chi connectivity index (χ0n) is 17.2. The summed E-state index contributed by atoms with van der Waals surface area (Å²) < 4.78 is 10.6. The standard InChI is InChI=1S/C23H14BClN4O4/c1-32-18-7-2-11(10-26-18)22(30)27-13-4-5-14(16(25)9-13)21-28-19-15-8-12(24)3-6-17(15)33-20(19)23(31)29-21/h2-10H,1H3,(H,27,30)(H,28,29,31). The summed E-state index contributed by atoms with van der Waals surface area (Å²) in [5, 5.41) is 3.67. The Morgan fingerprint density at radius 1 is 1.18 bits per heavy atom. The zero-order chi connectivity index (χ0) is 23.1. The van der Waals surface area contributed by atoms with E-state index in [9.17, 15) is 9.59 Å². The van der Waals surface area contributed by atoms with Crippen molar-refractivity contribution in [3.8, 4) is 17.3 Å². The molecule has 2 N–H and O–H groups in total. The molecular formula is C23H14BClN4O4. The van der Waals surface area contributed by atoms with Crippen LogP contribution in [0.1, 0.15) is 10.4 Å². The molecule has 2 radical (unpaired) electrons. The van der Waals surface area contributed by atoms with Crippen molar-refractivity contribution < 1.29 is 13.9 Å². The number of benzene rings is 2. The Hall–Kier alpha value is -4.11. The van der Waals surface area contributed by atoms with Crippen LogP contribution < -0.4 is 21.1 Å². The molecule has 0 aliphatic rings. The number of aromatic amines is 1. The average Bonchev–Trinajstić information content (AvgIpc) is 3.17. The second kappa shape index (κ2) is 8.11. The summed E-state index contributed by atoms with van der Waals surface area (Å²) in [6.45, 7) is 0. The number of anilines is 1. The highest BCUT2D eigenvalue weighted by Gasteiger charge is 2.16. The molecule has 5 aromatic rings. The van der Waals surface area contributed by atoms with E-state index in [0.29, 0.717) is 44.6 Å². The number of H-pyrrole nitrogens is 1. The van der Waals surface area contributed by atoms with E-state index in [2.05, 4.69) is 20.3 Å². The molecule has 0 atom stereocenters. The summed E-state index contributed by atoms with van der Waals surface area (Å²) >= 11 is 6.47. The number of hydrogen-bond acceptors (Lipinski definition) is 6. The number of carbonyl (C=O) groups is 1. The van der Waals surface area contributed by atoms with Crippen LogP contribution in [-0.4, -0.2) is 35.8 Å². The maximum atomic E-state index is 12.6. The third-order valence-electron chi connectivity index (χ3n) is 5.04. The average molecular weight is 457 g/mol. The van der Waals surface area contributed by atoms with Gasteiger partial charge >= 0.3 is 0 Å². The van der Waals surface area contributed by atoms with Crippen molar-refractivity contribution in [2.75, 3.05) is 12.4 Å². The van der Waals surface area contributed by atoms with Crippen molar-refractivity contribution in [1.82, 2.24) is 15.0 Å². The number of carbonyl (C=O) groups excluding carboxylic acids is 1. The van der Waals surface area contributed by atoms with Gasteiger partial charge in [0.25, 0.3) is 11.5 Å². The van der Waals surface area contributed by atoms with Gasteiger partial charge in [0, 0.05) is 28.9 Å². The quantitative estimate of drug-likeness (QED) is 0.401. The maximum absolute atomic E-state index is 12.6. The Balaban J connectivity index is 1.48. The van der Waals surface area contributed by atoms with Gasteiger partial charge in [0.05, 0.1) is 17.7 Å². The van der Waals surface area contributed by atoms with Gasteiger partial charge in [0.2, 0.25) is 11.5 Å². The number of nitrogens with one attached hydrogen (secondary N) is 2. The molecule has 8 nitrogen and oxygen atoms in total. The zero-order valence-corrected chi connectivity index (χ0v) is 17.9. The van der Waals surface area contributed by atoms with Gasteiger partial charge in [-0.15, -0.1) is 0 Å². The molecule has 0 fully saturated rings. The van der Waals surface area contributed by atoms with E-state index in [0.717, 1.165) is 0 Å². The lowest BCUT2D eigenvalue weighted by molar-refractivity contribution is 0.102. The molecule has 3 heterocycles. The predicted molar refractivity (Wildman–Crippen MR) is 127 cm³/mol. The summed E-state index contributed by atoms with van der Waals surface area (Å²) in [4.78, 5) is 36.4. The van der Waals surface area contributed by atoms with Crippen molar-refractivity contribution in [1.29, 1.82) is 0 Å². The number of aromatic nitrogens is 3. The van der Waals surface area contributed by atoms with Crippen molar-refractivity contribution in [2.24, 2.45) is 0 Å². The van der Waals surface area contributed by atoms with Gasteiger partial charge in [-0.2, -0.15) is 0 Å². The number of pyridine rings is 1. The lowest BCUT2D eigenvalue weighted by Crippen LogP contribution is -2.12. The molecule has 0 unspecified atom stereocenters. The van der Waals surface area contributed by atoms with Gasteiger partial charge in [-0.3, -0.25) is 9.59 Å². The molecule has 3 aromatic heterocycles. The Bertz CT molecular complexity index is 1590. The summed E-state index contributed by atoms with van der Waals surface area (Å²) in [6.07, 6.45) is 1.41. The summed E-state index contributed by atoms with van der Waals surface area (Å²) in [5.41, 5.74) is 2.39. The summed E-state index contributed by atoms with van der Waals surface area (Å²) in [7, 11) is 7.37. The fourth-order valence-electron chi connectivity index (χ4n) is 3.42. The van der Waals surface area contributed by atoms with Gasteiger partial charge in [0.1, 0.15) is 24.8 Å². The van der Waals surface area contributed by atoms with E-state index in [4.69, 9.17) is 28.6 Å². The highest BCUT2D eigenvalue weighted by molar-refractivity contribution is 6.34. The van der Waals surface area contributed by atoms with Crippen LogP contribution in [0.3, 0.4) is 0 Å². The molecule has 2 aromatic carbocycles. The van der Waals surface area contributed by atoms with Gasteiger partial charge in [-0.05, 0) is 30.3 Å². The first-order valence-corrected chi connectivity index (χ1v) is 10.1. The van der Waals surface area contributed by atoms with Crippen LogP contribution in [0.4, 0.5) is 5.69 Å². The first-order chi connectivity index (χ1) is 15.9. The monoisotopic (exact) mass is 456 g/mol. The normalized spacial score (nSPS) is 11.1. The fourth-order valence-corrected chi connectivity index (χ4v) is 3.69. The first-order valence-electron chi connectivity index (χ1n) is 9.76. The first kappa shape index (κ1) is 20.8. The van der Waals surface area contributed by atoms with E-state index in [1.165, 1.54) is 13.3 Å². The van der Waals surface area contributed by atoms with E-state index in [-0.39, 0.29) is 22.3 Å². The lowest BCUT2D eigenvalue weighted by atomic mass is 9.95. The van der Waals surface area contributed by atoms with E-state index >= 15 is 0 Å². The van der Waals surface area contributed by atoms with Crippen LogP contribution in [0.15, 0.2) is 63.9 Å². The Morgan fingerprint density at radius 2 is 2.03 bits per heavy atom. The third kappa shape index (κ3) is 3.83. The van der Waals surface area contributed by atoms with E-state index in [1.54, 1.807) is 48.5 Å².